The first-order valence-corrected chi connectivity index (χ1v) is 12.6. The molecule has 2 aliphatic rings. The van der Waals surface area contributed by atoms with E-state index in [1.807, 2.05) is 19.1 Å². The monoisotopic (exact) mass is 490 g/mol. The molecular weight excluding hydrogens is 456 g/mol. The topological polar surface area (TPSA) is 95.9 Å². The number of unbranched alkanes of at least 4 members (excludes halogenated alkanes) is 3. The SMILES string of the molecule is CCOC(=O)[C@H]1[C@H]2C(=O)N(CCCCCCO)[C@H](C(=O)Nc3ccc(Cl)cc3)[C@H]2C=C[C@H]1CC. The van der Waals surface area contributed by atoms with Gasteiger partial charge in [-0.05, 0) is 56.4 Å². The molecule has 0 aromatic heterocycles. The number of carbonyl (C=O) groups is 3. The summed E-state index contributed by atoms with van der Waals surface area (Å²) < 4.78 is 5.35. The maximum Gasteiger partial charge on any atom is 0.310 e. The van der Waals surface area contributed by atoms with Crippen LogP contribution in [0.4, 0.5) is 5.69 Å². The van der Waals surface area contributed by atoms with Crippen molar-refractivity contribution in [2.75, 3.05) is 25.1 Å². The zero-order valence-electron chi connectivity index (χ0n) is 19.9. The number of halogens is 1. The summed E-state index contributed by atoms with van der Waals surface area (Å²) in [6.45, 7) is 4.56. The van der Waals surface area contributed by atoms with E-state index in [1.54, 1.807) is 36.1 Å². The number of allylic oxidation sites excluding steroid dienone is 1. The second-order valence-electron chi connectivity index (χ2n) is 8.95. The largest absolute Gasteiger partial charge is 0.466 e. The number of esters is 1. The highest BCUT2D eigenvalue weighted by molar-refractivity contribution is 6.30. The lowest BCUT2D eigenvalue weighted by molar-refractivity contribution is -0.155. The first-order valence-electron chi connectivity index (χ1n) is 12.3. The van der Waals surface area contributed by atoms with Gasteiger partial charge in [0.05, 0.1) is 18.4 Å². The highest BCUT2D eigenvalue weighted by Crippen LogP contribution is 2.45. The number of benzene rings is 1. The number of hydrogen-bond donors (Lipinski definition) is 2. The summed E-state index contributed by atoms with van der Waals surface area (Å²) in [6, 6.07) is 6.12. The van der Waals surface area contributed by atoms with Crippen molar-refractivity contribution in [3.8, 4) is 0 Å². The van der Waals surface area contributed by atoms with Crippen LogP contribution >= 0.6 is 11.6 Å². The molecule has 1 aliphatic heterocycles. The number of rotatable bonds is 11. The van der Waals surface area contributed by atoms with Crippen molar-refractivity contribution in [1.82, 2.24) is 4.90 Å². The number of aliphatic hydroxyl groups excluding tert-OH is 1. The first kappa shape index (κ1) is 26.2. The minimum absolute atomic E-state index is 0.103. The smallest absolute Gasteiger partial charge is 0.310 e. The molecule has 1 aromatic carbocycles. The Morgan fingerprint density at radius 2 is 1.79 bits per heavy atom. The van der Waals surface area contributed by atoms with Gasteiger partial charge in [-0.25, -0.2) is 0 Å². The van der Waals surface area contributed by atoms with Gasteiger partial charge in [-0.2, -0.15) is 0 Å². The number of hydrogen-bond acceptors (Lipinski definition) is 5. The van der Waals surface area contributed by atoms with Crippen LogP contribution in [0.15, 0.2) is 36.4 Å². The Morgan fingerprint density at radius 3 is 2.44 bits per heavy atom. The van der Waals surface area contributed by atoms with Gasteiger partial charge < -0.3 is 20.1 Å². The Kier molecular flexibility index (Phi) is 9.54. The van der Waals surface area contributed by atoms with Gasteiger partial charge in [-0.3, -0.25) is 14.4 Å². The summed E-state index contributed by atoms with van der Waals surface area (Å²) in [4.78, 5) is 41.8. The Bertz CT molecular complexity index is 888. The molecule has 1 aliphatic carbocycles. The molecule has 0 saturated carbocycles. The lowest BCUT2D eigenvalue weighted by atomic mass is 9.69. The van der Waals surface area contributed by atoms with Crippen LogP contribution in [0.25, 0.3) is 0 Å². The van der Waals surface area contributed by atoms with Crippen LogP contribution in [0.3, 0.4) is 0 Å². The normalized spacial score (nSPS) is 25.8. The molecule has 2 N–H and O–H groups in total. The Morgan fingerprint density at radius 1 is 1.09 bits per heavy atom. The average molecular weight is 491 g/mol. The van der Waals surface area contributed by atoms with Crippen molar-refractivity contribution in [2.24, 2.45) is 23.7 Å². The van der Waals surface area contributed by atoms with Crippen molar-refractivity contribution in [3.63, 3.8) is 0 Å². The summed E-state index contributed by atoms with van der Waals surface area (Å²) in [5.74, 6) is -2.54. The van der Waals surface area contributed by atoms with E-state index in [-0.39, 0.29) is 36.9 Å². The van der Waals surface area contributed by atoms with E-state index in [2.05, 4.69) is 5.32 Å². The molecule has 5 atom stereocenters. The first-order chi connectivity index (χ1) is 16.4. The zero-order valence-corrected chi connectivity index (χ0v) is 20.7. The molecule has 1 fully saturated rings. The van der Waals surface area contributed by atoms with Gasteiger partial charge in [0, 0.05) is 29.8 Å². The van der Waals surface area contributed by atoms with Crippen LogP contribution in [-0.4, -0.2) is 53.6 Å². The summed E-state index contributed by atoms with van der Waals surface area (Å²) in [5, 5.41) is 12.5. The van der Waals surface area contributed by atoms with Gasteiger partial charge in [0.1, 0.15) is 6.04 Å². The van der Waals surface area contributed by atoms with E-state index in [4.69, 9.17) is 21.4 Å². The number of aliphatic hydroxyl groups is 1. The molecular formula is C26H35ClN2O5. The third-order valence-electron chi connectivity index (χ3n) is 6.83. The Balaban J connectivity index is 1.88. The molecule has 0 spiro atoms. The maximum absolute atomic E-state index is 13.7. The second-order valence-corrected chi connectivity index (χ2v) is 9.38. The number of fused-ring (bicyclic) bond motifs is 1. The van der Waals surface area contributed by atoms with Crippen LogP contribution in [-0.2, 0) is 19.1 Å². The molecule has 1 saturated heterocycles. The third-order valence-corrected chi connectivity index (χ3v) is 7.08. The van der Waals surface area contributed by atoms with Crippen LogP contribution in [0.1, 0.15) is 46.0 Å². The maximum atomic E-state index is 13.7. The number of nitrogens with one attached hydrogen (secondary N) is 1. The van der Waals surface area contributed by atoms with E-state index in [1.165, 1.54) is 0 Å². The van der Waals surface area contributed by atoms with Crippen molar-refractivity contribution in [3.05, 3.63) is 41.4 Å². The molecule has 1 aromatic rings. The van der Waals surface area contributed by atoms with Gasteiger partial charge in [0.2, 0.25) is 11.8 Å². The lowest BCUT2D eigenvalue weighted by Gasteiger charge is -2.33. The summed E-state index contributed by atoms with van der Waals surface area (Å²) in [6.07, 6.45) is 7.77. The predicted octanol–water partition coefficient (Wildman–Crippen LogP) is 4.05. The Labute approximate surface area is 206 Å². The Hall–Kier alpha value is -2.38. The van der Waals surface area contributed by atoms with Crippen LogP contribution in [0.5, 0.6) is 0 Å². The number of amides is 2. The molecule has 0 bridgehead atoms. The van der Waals surface area contributed by atoms with Gasteiger partial charge in [-0.15, -0.1) is 0 Å². The zero-order chi connectivity index (χ0) is 24.7. The molecule has 2 amide bonds. The minimum atomic E-state index is -0.711. The molecule has 8 heteroatoms. The van der Waals surface area contributed by atoms with E-state index < -0.39 is 23.8 Å². The quantitative estimate of drug-likeness (QED) is 0.277. The van der Waals surface area contributed by atoms with E-state index in [0.29, 0.717) is 30.1 Å². The minimum Gasteiger partial charge on any atom is -0.466 e. The third kappa shape index (κ3) is 5.81. The highest BCUT2D eigenvalue weighted by atomic mass is 35.5. The van der Waals surface area contributed by atoms with Crippen molar-refractivity contribution in [2.45, 2.75) is 52.0 Å². The standard InChI is InChI=1S/C26H35ClN2O5/c1-3-17-9-14-20-22(21(17)26(33)34-4-2)25(32)29(15-7-5-6-8-16-30)23(20)24(31)28-19-12-10-18(27)11-13-19/h9-14,17,20-23,30H,3-8,15-16H2,1-2H3,(H,28,31)/t17-,20+,21-,22+,23+/m1/s1. The van der Waals surface area contributed by atoms with E-state index in [9.17, 15) is 14.4 Å². The number of nitrogens with zero attached hydrogens (tertiary/aromatic N) is 1. The van der Waals surface area contributed by atoms with E-state index in [0.717, 1.165) is 19.3 Å². The molecule has 1 heterocycles. The number of likely N-dealkylation sites (tertiary alicyclic amines) is 1. The van der Waals surface area contributed by atoms with Crippen molar-refractivity contribution in [1.29, 1.82) is 0 Å². The molecule has 3 rings (SSSR count). The fraction of sp³-hybridized carbons (Fsp3) is 0.577. The van der Waals surface area contributed by atoms with Crippen molar-refractivity contribution >= 4 is 35.1 Å². The second kappa shape index (κ2) is 12.4. The lowest BCUT2D eigenvalue weighted by Crippen LogP contribution is -2.44. The predicted molar refractivity (Wildman–Crippen MR) is 131 cm³/mol. The van der Waals surface area contributed by atoms with Gasteiger partial charge >= 0.3 is 5.97 Å². The number of ether oxygens (including phenoxy) is 1. The van der Waals surface area contributed by atoms with Crippen LogP contribution in [0.2, 0.25) is 5.02 Å². The van der Waals surface area contributed by atoms with Gasteiger partial charge in [-0.1, -0.05) is 43.5 Å². The number of anilines is 1. The van der Waals surface area contributed by atoms with Crippen LogP contribution in [0, 0.1) is 23.7 Å². The summed E-state index contributed by atoms with van der Waals surface area (Å²) in [7, 11) is 0. The van der Waals surface area contributed by atoms with Crippen LogP contribution < -0.4 is 5.32 Å². The number of carbonyl (C=O) groups excluding carboxylic acids is 3. The summed E-state index contributed by atoms with van der Waals surface area (Å²) >= 11 is 5.97. The van der Waals surface area contributed by atoms with Crippen molar-refractivity contribution < 1.29 is 24.2 Å². The average Bonchev–Trinajstić information content (AvgIpc) is 3.11. The highest BCUT2D eigenvalue weighted by Gasteiger charge is 2.57. The molecule has 0 radical (unpaired) electrons. The van der Waals surface area contributed by atoms with E-state index >= 15 is 0 Å². The molecule has 186 valence electrons. The molecule has 7 nitrogen and oxygen atoms in total. The van der Waals surface area contributed by atoms with Gasteiger partial charge in [0.25, 0.3) is 0 Å². The summed E-state index contributed by atoms with van der Waals surface area (Å²) in [5.41, 5.74) is 0.598. The molecule has 34 heavy (non-hydrogen) atoms. The fourth-order valence-corrected chi connectivity index (χ4v) is 5.31. The van der Waals surface area contributed by atoms with Gasteiger partial charge in [0.15, 0.2) is 0 Å². The fourth-order valence-electron chi connectivity index (χ4n) is 5.18. The molecule has 0 unspecified atom stereocenters.